The van der Waals surface area contributed by atoms with E-state index in [-0.39, 0.29) is 103 Å². The average Bonchev–Trinajstić information content (AvgIpc) is 3.76. The minimum atomic E-state index is -5.47. The van der Waals surface area contributed by atoms with Crippen molar-refractivity contribution >= 4 is 102 Å². The molecule has 0 radical (unpaired) electrons. The number of hydrogen-bond acceptors (Lipinski definition) is 18. The number of amides is 8. The molecule has 10 N–H and O–H groups in total. The van der Waals surface area contributed by atoms with Crippen LogP contribution in [0.5, 0.6) is 5.75 Å². The van der Waals surface area contributed by atoms with E-state index in [0.29, 0.717) is 33.3 Å². The fourth-order valence-electron chi connectivity index (χ4n) is 7.53. The third-order valence-corrected chi connectivity index (χ3v) is 13.4. The van der Waals surface area contributed by atoms with E-state index in [4.69, 9.17) is 5.73 Å². The van der Waals surface area contributed by atoms with Crippen LogP contribution < -0.4 is 106 Å². The van der Waals surface area contributed by atoms with Crippen molar-refractivity contribution in [1.82, 2.24) is 42.2 Å². The van der Waals surface area contributed by atoms with Gasteiger partial charge in [0.2, 0.25) is 57.7 Å². The molecule has 0 unspecified atom stereocenters. The number of hydrogen-bond donors (Lipinski definition) is 9. The molecule has 3 aromatic carbocycles. The van der Waals surface area contributed by atoms with Crippen molar-refractivity contribution in [3.63, 3.8) is 0 Å². The summed E-state index contributed by atoms with van der Waals surface area (Å²) < 4.78 is 77.0. The number of carbonyl (C=O) groups excluding carboxylic acids is 8. The first-order valence-corrected chi connectivity index (χ1v) is 28.6. The molecule has 0 bridgehead atoms. The standard InChI is InChI=1S/C47H61N9O16S4.2Na/c1-27(71-75(65,66)67)41(47(64)55-37(42(48)59)22-29-10-6-5-7-11-29)56-44(61)36(19-21-74-4)54-46(63)39(24-31-25-49-34-13-9-8-12-33(31)34)52-40(58)26-50-43(60)35(18-20-73-3)53-45(62)38(51-28(2)57)23-30-14-16-32(17-15-30)72-76(68,69)70;;/h5-17,25,27,35-39,41,49H,18-24,26H2,1-4H3,(H2,48,59)(H,50,60)(H,51,57)(H,52,58)(H,53,62)(H,54,63)(H,55,64)(H,56,61)(H,65,66,67)(H,68,69,70);;/q;2*+1/p-2/t27-,35+,36+,37+,38+,39+,41+;;/m1../s1. The van der Waals surface area contributed by atoms with E-state index >= 15 is 0 Å². The summed E-state index contributed by atoms with van der Waals surface area (Å²) >= 11 is 2.63. The number of nitrogens with one attached hydrogen (secondary N) is 8. The Hall–Kier alpha value is -4.76. The van der Waals surface area contributed by atoms with Gasteiger partial charge in [-0.3, -0.25) is 42.5 Å². The fourth-order valence-corrected chi connectivity index (χ4v) is 9.31. The number of para-hydroxylation sites is 1. The summed E-state index contributed by atoms with van der Waals surface area (Å²) in [4.78, 5) is 111. The molecule has 4 rings (SSSR count). The molecule has 0 aliphatic carbocycles. The molecule has 0 fully saturated rings. The SMILES string of the molecule is CSCC[C@H](NC(=O)[C@H](Cc1ccc(OS(=O)(=O)[O-])cc1)NC(C)=O)C(=O)NCC(=O)N[C@@H](Cc1c[nH]c2ccccc12)C(=O)N[C@@H](CCSC)C(=O)N[C@H](C(=O)N[C@@H](Cc1ccccc1)C(N)=O)[C@@H](C)OS(=O)(=O)[O-].[Na+].[Na+]. The van der Waals surface area contributed by atoms with Crippen molar-refractivity contribution in [1.29, 1.82) is 0 Å². The Morgan fingerprint density at radius 1 is 0.615 bits per heavy atom. The molecular weight excluding hydrogens is 1120 g/mol. The monoisotopic (exact) mass is 1180 g/mol. The molecule has 0 spiro atoms. The summed E-state index contributed by atoms with van der Waals surface area (Å²) in [6, 6.07) is 11.8. The molecule has 7 atom stereocenters. The first-order valence-electron chi connectivity index (χ1n) is 23.2. The maximum absolute atomic E-state index is 14.4. The zero-order valence-electron chi connectivity index (χ0n) is 43.5. The van der Waals surface area contributed by atoms with Crippen LogP contribution in [0.3, 0.4) is 0 Å². The summed E-state index contributed by atoms with van der Waals surface area (Å²) in [6.07, 6.45) is 2.77. The van der Waals surface area contributed by atoms with Gasteiger partial charge >= 0.3 is 59.1 Å². The van der Waals surface area contributed by atoms with E-state index in [1.807, 2.05) is 0 Å². The first-order chi connectivity index (χ1) is 35.9. The Morgan fingerprint density at radius 3 is 1.68 bits per heavy atom. The molecule has 25 nitrogen and oxygen atoms in total. The quantitative estimate of drug-likeness (QED) is 0.0128. The second-order valence-corrected chi connectivity index (χ2v) is 21.0. The normalized spacial score (nSPS) is 13.9. The number of aromatic nitrogens is 1. The van der Waals surface area contributed by atoms with Crippen LogP contribution in [-0.2, 0) is 82.6 Å². The molecule has 0 aliphatic heterocycles. The Labute approximate surface area is 504 Å². The van der Waals surface area contributed by atoms with Gasteiger partial charge in [0, 0.05) is 43.3 Å². The van der Waals surface area contributed by atoms with Crippen molar-refractivity contribution in [2.75, 3.05) is 30.6 Å². The van der Waals surface area contributed by atoms with Crippen molar-refractivity contribution in [2.45, 2.75) is 88.3 Å². The van der Waals surface area contributed by atoms with Gasteiger partial charge < -0.3 is 61.2 Å². The second kappa shape index (κ2) is 33.7. The number of carbonyl (C=O) groups is 8. The molecule has 1 heterocycles. The van der Waals surface area contributed by atoms with Crippen LogP contribution in [0.25, 0.3) is 10.9 Å². The van der Waals surface area contributed by atoms with Crippen LogP contribution in [0.1, 0.15) is 43.4 Å². The fraction of sp³-hybridized carbons (Fsp3) is 0.404. The van der Waals surface area contributed by atoms with Crippen molar-refractivity contribution in [3.05, 3.63) is 102 Å². The zero-order chi connectivity index (χ0) is 56.2. The van der Waals surface area contributed by atoms with Crippen LogP contribution in [0.15, 0.2) is 85.1 Å². The number of fused-ring (bicyclic) bond motifs is 1. The van der Waals surface area contributed by atoms with Crippen molar-refractivity contribution in [3.8, 4) is 5.75 Å². The summed E-state index contributed by atoms with van der Waals surface area (Å²) in [7, 11) is -10.5. The topological polar surface area (TPSA) is 395 Å². The third kappa shape index (κ3) is 24.3. The van der Waals surface area contributed by atoms with Crippen LogP contribution in [0, 0.1) is 0 Å². The molecule has 31 heteroatoms. The maximum Gasteiger partial charge on any atom is 1.00 e. The number of nitrogens with two attached hydrogens (primary N) is 1. The molecule has 8 amide bonds. The van der Waals surface area contributed by atoms with Crippen LogP contribution in [-0.4, -0.2) is 151 Å². The van der Waals surface area contributed by atoms with Gasteiger partial charge in [-0.25, -0.2) is 16.8 Å². The molecule has 0 saturated carbocycles. The van der Waals surface area contributed by atoms with Crippen LogP contribution in [0.4, 0.5) is 0 Å². The van der Waals surface area contributed by atoms with E-state index in [1.165, 1.54) is 47.8 Å². The summed E-state index contributed by atoms with van der Waals surface area (Å²) in [5.74, 6) is -6.88. The zero-order valence-corrected chi connectivity index (χ0v) is 50.8. The molecule has 0 saturated heterocycles. The van der Waals surface area contributed by atoms with E-state index in [1.54, 1.807) is 73.3 Å². The van der Waals surface area contributed by atoms with E-state index in [2.05, 4.69) is 50.6 Å². The van der Waals surface area contributed by atoms with Crippen LogP contribution >= 0.6 is 23.5 Å². The summed E-state index contributed by atoms with van der Waals surface area (Å²) in [6.45, 7) is 1.45. The molecule has 414 valence electrons. The Kier molecular flexibility index (Phi) is 30.0. The predicted octanol–water partition coefficient (Wildman–Crippen LogP) is -7.06. The molecule has 1 aromatic heterocycles. The molecule has 4 aromatic rings. The van der Waals surface area contributed by atoms with E-state index < -0.39 is 117 Å². The number of thioether (sulfide) groups is 2. The number of rotatable bonds is 31. The Morgan fingerprint density at radius 2 is 1.13 bits per heavy atom. The smallest absolute Gasteiger partial charge is 0.726 e. The van der Waals surface area contributed by atoms with Gasteiger partial charge in [0.05, 0.1) is 6.54 Å². The van der Waals surface area contributed by atoms with Gasteiger partial charge in [-0.1, -0.05) is 60.7 Å². The average molecular weight is 1180 g/mol. The summed E-state index contributed by atoms with van der Waals surface area (Å²) in [5, 5.41) is 18.1. The molecule has 0 aliphatic rings. The number of primary amides is 1. The van der Waals surface area contributed by atoms with E-state index in [0.717, 1.165) is 13.8 Å². The second-order valence-electron chi connectivity index (χ2n) is 17.0. The van der Waals surface area contributed by atoms with Gasteiger partial charge in [-0.15, -0.1) is 0 Å². The largest absolute Gasteiger partial charge is 1.00 e. The van der Waals surface area contributed by atoms with E-state index in [9.17, 15) is 64.3 Å². The number of benzene rings is 3. The first kappa shape index (κ1) is 69.3. The minimum absolute atomic E-state index is 0. The number of H-pyrrole nitrogens is 1. The van der Waals surface area contributed by atoms with Gasteiger partial charge in [0.25, 0.3) is 10.4 Å². The molecular formula is C47H59N9Na2O16S4. The van der Waals surface area contributed by atoms with Gasteiger partial charge in [0.1, 0.15) is 48.1 Å². The molecule has 78 heavy (non-hydrogen) atoms. The Balaban J connectivity index is 0.0000104. The van der Waals surface area contributed by atoms with Gasteiger partial charge in [-0.05, 0) is 78.7 Å². The van der Waals surface area contributed by atoms with Crippen molar-refractivity contribution < 1.29 is 132 Å². The minimum Gasteiger partial charge on any atom is -0.726 e. The van der Waals surface area contributed by atoms with Crippen LogP contribution in [0.2, 0.25) is 0 Å². The van der Waals surface area contributed by atoms with Crippen molar-refractivity contribution in [2.24, 2.45) is 5.73 Å². The predicted molar refractivity (Wildman–Crippen MR) is 278 cm³/mol. The Bertz CT molecular complexity index is 2910. The number of aromatic amines is 1. The summed E-state index contributed by atoms with van der Waals surface area (Å²) in [5.41, 5.74) is 7.82. The van der Waals surface area contributed by atoms with Gasteiger partial charge in [0.15, 0.2) is 0 Å². The maximum atomic E-state index is 14.4. The third-order valence-electron chi connectivity index (χ3n) is 11.2. The van der Waals surface area contributed by atoms with Gasteiger partial charge in [-0.2, -0.15) is 23.5 Å².